The maximum atomic E-state index is 12.9. The third kappa shape index (κ3) is 4.12. The van der Waals surface area contributed by atoms with Gasteiger partial charge in [-0.15, -0.1) is 0 Å². The molecule has 0 spiro atoms. The van der Waals surface area contributed by atoms with Gasteiger partial charge in [0, 0.05) is 17.8 Å². The van der Waals surface area contributed by atoms with Gasteiger partial charge in [-0.25, -0.2) is 9.37 Å². The average molecular weight is 357 g/mol. The fraction of sp³-hybridized carbons (Fsp3) is 0.176. The Kier molecular flexibility index (Phi) is 4.78. The van der Waals surface area contributed by atoms with Gasteiger partial charge in [-0.3, -0.25) is 14.6 Å². The van der Waals surface area contributed by atoms with Gasteiger partial charge < -0.3 is 10.1 Å². The first-order chi connectivity index (χ1) is 12.4. The van der Waals surface area contributed by atoms with Crippen LogP contribution in [-0.4, -0.2) is 32.3 Å². The minimum Gasteiger partial charge on any atom is -0.484 e. The highest BCUT2D eigenvalue weighted by molar-refractivity contribution is 5.91. The monoisotopic (exact) mass is 357 g/mol. The molecule has 0 aliphatic carbocycles. The molecule has 0 fully saturated rings. The fourth-order valence-electron chi connectivity index (χ4n) is 2.27. The number of H-pyrrole nitrogens is 1. The molecule has 2 aromatic heterocycles. The Morgan fingerprint density at radius 2 is 1.96 bits per heavy atom. The predicted molar refractivity (Wildman–Crippen MR) is 92.0 cm³/mol. The highest BCUT2D eigenvalue weighted by Crippen LogP contribution is 2.15. The molecule has 3 rings (SSSR count). The number of ether oxygens (including phenoxy) is 1. The Bertz CT molecular complexity index is 994. The Morgan fingerprint density at radius 1 is 1.23 bits per heavy atom. The summed E-state index contributed by atoms with van der Waals surface area (Å²) in [5, 5.41) is 6.88. The van der Waals surface area contributed by atoms with Gasteiger partial charge >= 0.3 is 0 Å². The van der Waals surface area contributed by atoms with E-state index in [1.807, 2.05) is 0 Å². The van der Waals surface area contributed by atoms with E-state index in [-0.39, 0.29) is 23.9 Å². The summed E-state index contributed by atoms with van der Waals surface area (Å²) in [6.45, 7) is 3.16. The lowest BCUT2D eigenvalue weighted by atomic mass is 10.3. The van der Waals surface area contributed by atoms with Gasteiger partial charge in [0.2, 0.25) is 5.95 Å². The molecular formula is C17H16FN5O3. The third-order valence-corrected chi connectivity index (χ3v) is 3.34. The zero-order valence-electron chi connectivity index (χ0n) is 14.1. The van der Waals surface area contributed by atoms with E-state index in [9.17, 15) is 14.0 Å². The standard InChI is InChI=1S/C17H16FN5O3/c1-10-8-15(24)21-17(19-10)23-14(7-11(2)22-23)20-16(25)9-26-13-5-3-12(18)4-6-13/h3-8H,9H2,1-2H3,(H,20,25)(H,19,21,24). The van der Waals surface area contributed by atoms with E-state index in [4.69, 9.17) is 4.74 Å². The van der Waals surface area contributed by atoms with Crippen LogP contribution in [0.5, 0.6) is 5.75 Å². The Balaban J connectivity index is 1.74. The molecule has 0 saturated heterocycles. The van der Waals surface area contributed by atoms with Gasteiger partial charge in [0.05, 0.1) is 5.69 Å². The molecule has 0 unspecified atom stereocenters. The van der Waals surface area contributed by atoms with Crippen LogP contribution in [0.3, 0.4) is 0 Å². The zero-order chi connectivity index (χ0) is 18.7. The van der Waals surface area contributed by atoms with Crippen molar-refractivity contribution in [2.75, 3.05) is 11.9 Å². The number of benzene rings is 1. The van der Waals surface area contributed by atoms with E-state index in [2.05, 4.69) is 20.4 Å². The Labute approximate surface area is 147 Å². The van der Waals surface area contributed by atoms with Crippen LogP contribution in [0.4, 0.5) is 10.2 Å². The molecule has 0 aliphatic rings. The number of halogens is 1. The molecule has 0 saturated carbocycles. The number of anilines is 1. The first kappa shape index (κ1) is 17.3. The third-order valence-electron chi connectivity index (χ3n) is 3.34. The van der Waals surface area contributed by atoms with Crippen molar-refractivity contribution >= 4 is 11.7 Å². The highest BCUT2D eigenvalue weighted by Gasteiger charge is 2.13. The summed E-state index contributed by atoms with van der Waals surface area (Å²) in [5.41, 5.74) is 0.829. The number of hydrogen-bond donors (Lipinski definition) is 2. The van der Waals surface area contributed by atoms with Crippen molar-refractivity contribution in [3.63, 3.8) is 0 Å². The summed E-state index contributed by atoms with van der Waals surface area (Å²) in [6, 6.07) is 8.33. The fourth-order valence-corrected chi connectivity index (χ4v) is 2.27. The van der Waals surface area contributed by atoms with Gasteiger partial charge in [-0.05, 0) is 38.1 Å². The van der Waals surface area contributed by atoms with E-state index < -0.39 is 5.91 Å². The van der Waals surface area contributed by atoms with Crippen LogP contribution in [0.1, 0.15) is 11.4 Å². The summed E-state index contributed by atoms with van der Waals surface area (Å²) in [6.07, 6.45) is 0. The minimum absolute atomic E-state index is 0.192. The number of aromatic nitrogens is 4. The number of carbonyl (C=O) groups excluding carboxylic acids is 1. The summed E-state index contributed by atoms with van der Waals surface area (Å²) in [7, 11) is 0. The van der Waals surface area contributed by atoms with Crippen molar-refractivity contribution in [1.82, 2.24) is 19.7 Å². The second-order valence-electron chi connectivity index (χ2n) is 5.58. The molecule has 3 aromatic rings. The SMILES string of the molecule is Cc1cc(=O)[nH]c(-n2nc(C)cc2NC(=O)COc2ccc(F)cc2)n1. The quantitative estimate of drug-likeness (QED) is 0.724. The van der Waals surface area contributed by atoms with Crippen LogP contribution in [0.2, 0.25) is 0 Å². The molecular weight excluding hydrogens is 341 g/mol. The predicted octanol–water partition coefficient (Wildman–Crippen LogP) is 1.73. The summed E-state index contributed by atoms with van der Waals surface area (Å²) in [4.78, 5) is 30.6. The van der Waals surface area contributed by atoms with E-state index in [1.165, 1.54) is 35.0 Å². The van der Waals surface area contributed by atoms with Crippen molar-refractivity contribution in [1.29, 1.82) is 0 Å². The molecule has 0 radical (unpaired) electrons. The van der Waals surface area contributed by atoms with E-state index >= 15 is 0 Å². The van der Waals surface area contributed by atoms with Crippen LogP contribution < -0.4 is 15.6 Å². The highest BCUT2D eigenvalue weighted by atomic mass is 19.1. The lowest BCUT2D eigenvalue weighted by Crippen LogP contribution is -2.23. The normalized spacial score (nSPS) is 10.6. The second kappa shape index (κ2) is 7.18. The Hall–Kier alpha value is -3.49. The first-order valence-corrected chi connectivity index (χ1v) is 7.74. The molecule has 26 heavy (non-hydrogen) atoms. The van der Waals surface area contributed by atoms with Crippen molar-refractivity contribution in [3.8, 4) is 11.7 Å². The maximum Gasteiger partial charge on any atom is 0.263 e. The number of amides is 1. The largest absolute Gasteiger partial charge is 0.484 e. The van der Waals surface area contributed by atoms with Crippen LogP contribution in [0, 0.1) is 19.7 Å². The summed E-state index contributed by atoms with van der Waals surface area (Å²) in [5.74, 6) is 0.0732. The van der Waals surface area contributed by atoms with Gasteiger partial charge in [-0.1, -0.05) is 0 Å². The van der Waals surface area contributed by atoms with Crippen LogP contribution >= 0.6 is 0 Å². The molecule has 0 aliphatic heterocycles. The summed E-state index contributed by atoms with van der Waals surface area (Å²) < 4.78 is 19.5. The molecule has 1 aromatic carbocycles. The number of carbonyl (C=O) groups is 1. The van der Waals surface area contributed by atoms with Crippen molar-refractivity contribution < 1.29 is 13.9 Å². The molecule has 9 heteroatoms. The van der Waals surface area contributed by atoms with Crippen LogP contribution in [0.15, 0.2) is 41.2 Å². The molecule has 2 heterocycles. The average Bonchev–Trinajstić information content (AvgIpc) is 2.94. The number of aromatic amines is 1. The number of aryl methyl sites for hydroxylation is 2. The van der Waals surface area contributed by atoms with Gasteiger partial charge in [0.1, 0.15) is 17.4 Å². The molecule has 2 N–H and O–H groups in total. The van der Waals surface area contributed by atoms with E-state index in [0.717, 1.165) is 0 Å². The number of nitrogens with zero attached hydrogens (tertiary/aromatic N) is 3. The number of nitrogens with one attached hydrogen (secondary N) is 2. The number of hydrogen-bond acceptors (Lipinski definition) is 5. The minimum atomic E-state index is -0.439. The molecule has 8 nitrogen and oxygen atoms in total. The van der Waals surface area contributed by atoms with Gasteiger partial charge in [0.15, 0.2) is 6.61 Å². The lowest BCUT2D eigenvalue weighted by Gasteiger charge is -2.09. The summed E-state index contributed by atoms with van der Waals surface area (Å²) >= 11 is 0. The smallest absolute Gasteiger partial charge is 0.263 e. The van der Waals surface area contributed by atoms with Crippen molar-refractivity contribution in [3.05, 3.63) is 64.0 Å². The van der Waals surface area contributed by atoms with Gasteiger partial charge in [0.25, 0.3) is 11.5 Å². The van der Waals surface area contributed by atoms with E-state index in [1.54, 1.807) is 19.9 Å². The lowest BCUT2D eigenvalue weighted by molar-refractivity contribution is -0.118. The molecule has 0 bridgehead atoms. The van der Waals surface area contributed by atoms with E-state index in [0.29, 0.717) is 23.0 Å². The molecule has 134 valence electrons. The van der Waals surface area contributed by atoms with Gasteiger partial charge in [-0.2, -0.15) is 9.78 Å². The van der Waals surface area contributed by atoms with Crippen LogP contribution in [-0.2, 0) is 4.79 Å². The van der Waals surface area contributed by atoms with Crippen molar-refractivity contribution in [2.45, 2.75) is 13.8 Å². The number of rotatable bonds is 5. The maximum absolute atomic E-state index is 12.9. The zero-order valence-corrected chi connectivity index (χ0v) is 14.1. The Morgan fingerprint density at radius 3 is 2.65 bits per heavy atom. The topological polar surface area (TPSA) is 102 Å². The molecule has 0 atom stereocenters. The van der Waals surface area contributed by atoms with Crippen molar-refractivity contribution in [2.24, 2.45) is 0 Å². The molecule has 1 amide bonds. The second-order valence-corrected chi connectivity index (χ2v) is 5.58. The van der Waals surface area contributed by atoms with Crippen LogP contribution in [0.25, 0.3) is 5.95 Å². The first-order valence-electron chi connectivity index (χ1n) is 7.74.